The zero-order valence-corrected chi connectivity index (χ0v) is 17.7. The molecule has 29 heavy (non-hydrogen) atoms. The van der Waals surface area contributed by atoms with Crippen LogP contribution in [0.5, 0.6) is 0 Å². The Balaban J connectivity index is 1.34. The van der Waals surface area contributed by atoms with Crippen LogP contribution in [0, 0.1) is 34.5 Å². The fourth-order valence-corrected chi connectivity index (χ4v) is 8.93. The van der Waals surface area contributed by atoms with E-state index in [0.29, 0.717) is 51.6 Å². The highest BCUT2D eigenvalue weighted by Crippen LogP contribution is 2.70. The zero-order chi connectivity index (χ0) is 20.1. The van der Waals surface area contributed by atoms with Crippen molar-refractivity contribution in [1.29, 1.82) is 0 Å². The quantitative estimate of drug-likeness (QED) is 0.663. The van der Waals surface area contributed by atoms with Crippen LogP contribution in [0.15, 0.2) is 0 Å². The second-order valence-electron chi connectivity index (χ2n) is 11.1. The van der Waals surface area contributed by atoms with Crippen LogP contribution in [-0.4, -0.2) is 55.4 Å². The highest BCUT2D eigenvalue weighted by Gasteiger charge is 2.71. The summed E-state index contributed by atoms with van der Waals surface area (Å²) in [6, 6.07) is 0. The zero-order valence-electron chi connectivity index (χ0n) is 17.7. The second kappa shape index (κ2) is 6.16. The standard InChI is InChI=1S/C23H35FO5/c1-20-5-6-22(26-7-8-27-22)12-16(20)18(25)11-14-15-3-4-23(28-9-10-29-23)21(15,2)13-17(24)19(14)20/h14-19,25H,3-13H2,1-2H3/t14?,15?,16-,17?,18+,19?,20+,21+/m1/s1. The Morgan fingerprint density at radius 3 is 2.28 bits per heavy atom. The molecule has 5 nitrogen and oxygen atoms in total. The summed E-state index contributed by atoms with van der Waals surface area (Å²) in [7, 11) is 0. The van der Waals surface area contributed by atoms with Gasteiger partial charge in [0.15, 0.2) is 11.6 Å². The molecule has 2 saturated heterocycles. The van der Waals surface area contributed by atoms with Gasteiger partial charge in [-0.05, 0) is 54.8 Å². The first-order valence-electron chi connectivity index (χ1n) is 11.7. The number of aliphatic hydroxyl groups is 1. The molecular formula is C23H35FO5. The molecule has 0 aromatic rings. The largest absolute Gasteiger partial charge is 0.393 e. The Morgan fingerprint density at radius 1 is 0.862 bits per heavy atom. The fraction of sp³-hybridized carbons (Fsp3) is 1.00. The van der Waals surface area contributed by atoms with Crippen LogP contribution in [0.4, 0.5) is 4.39 Å². The minimum Gasteiger partial charge on any atom is -0.393 e. The van der Waals surface area contributed by atoms with E-state index in [1.807, 2.05) is 0 Å². The summed E-state index contributed by atoms with van der Waals surface area (Å²) in [6.07, 6.45) is 4.09. The highest BCUT2D eigenvalue weighted by atomic mass is 19.1. The SMILES string of the molecule is C[C@]12CC(F)C3C(C[C@H](O)[C@H]4CC5(CC[C@]34C)OCCO5)C1CCC21OCCO1. The summed E-state index contributed by atoms with van der Waals surface area (Å²) in [6.45, 7) is 6.90. The Bertz CT molecular complexity index is 674. The van der Waals surface area contributed by atoms with Crippen molar-refractivity contribution >= 4 is 0 Å². The van der Waals surface area contributed by atoms with Crippen LogP contribution >= 0.6 is 0 Å². The van der Waals surface area contributed by atoms with Crippen LogP contribution in [0.25, 0.3) is 0 Å². The Morgan fingerprint density at radius 2 is 1.55 bits per heavy atom. The lowest BCUT2D eigenvalue weighted by Crippen LogP contribution is -2.64. The Kier molecular flexibility index (Phi) is 4.12. The minimum atomic E-state index is -0.886. The van der Waals surface area contributed by atoms with Crippen molar-refractivity contribution in [3.63, 3.8) is 0 Å². The van der Waals surface area contributed by atoms with Gasteiger partial charge in [0.25, 0.3) is 0 Å². The van der Waals surface area contributed by atoms with Crippen LogP contribution in [0.3, 0.4) is 0 Å². The van der Waals surface area contributed by atoms with Gasteiger partial charge in [-0.2, -0.15) is 0 Å². The van der Waals surface area contributed by atoms with Gasteiger partial charge in [0.05, 0.1) is 32.5 Å². The first kappa shape index (κ1) is 19.4. The normalized spacial score (nSPS) is 55.0. The molecule has 164 valence electrons. The number of alkyl halides is 1. The molecule has 6 rings (SSSR count). The van der Waals surface area contributed by atoms with Crippen molar-refractivity contribution in [1.82, 2.24) is 0 Å². The van der Waals surface area contributed by atoms with E-state index in [1.54, 1.807) is 0 Å². The maximum atomic E-state index is 16.1. The van der Waals surface area contributed by atoms with E-state index in [4.69, 9.17) is 18.9 Å². The van der Waals surface area contributed by atoms with Gasteiger partial charge >= 0.3 is 0 Å². The molecule has 4 aliphatic carbocycles. The highest BCUT2D eigenvalue weighted by molar-refractivity contribution is 5.17. The van der Waals surface area contributed by atoms with Gasteiger partial charge in [0, 0.05) is 24.7 Å². The van der Waals surface area contributed by atoms with Gasteiger partial charge in [-0.25, -0.2) is 4.39 Å². The molecule has 8 atom stereocenters. The number of halogens is 1. The maximum Gasteiger partial charge on any atom is 0.174 e. The van der Waals surface area contributed by atoms with Gasteiger partial charge in [-0.3, -0.25) is 0 Å². The minimum absolute atomic E-state index is 0.00992. The molecule has 1 N–H and O–H groups in total. The van der Waals surface area contributed by atoms with Gasteiger partial charge in [0.1, 0.15) is 6.17 Å². The molecular weight excluding hydrogens is 375 g/mol. The van der Waals surface area contributed by atoms with Gasteiger partial charge in [-0.15, -0.1) is 0 Å². The predicted octanol–water partition coefficient (Wildman–Crippen LogP) is 3.43. The van der Waals surface area contributed by atoms with Crippen LogP contribution in [0.1, 0.15) is 58.8 Å². The lowest BCUT2D eigenvalue weighted by atomic mass is 9.43. The maximum absolute atomic E-state index is 16.1. The van der Waals surface area contributed by atoms with Crippen molar-refractivity contribution in [2.24, 2.45) is 34.5 Å². The molecule has 6 fully saturated rings. The summed E-state index contributed by atoms with van der Waals surface area (Å²) in [5.41, 5.74) is -0.517. The van der Waals surface area contributed by atoms with E-state index in [2.05, 4.69) is 13.8 Å². The Hall–Kier alpha value is -0.270. The summed E-state index contributed by atoms with van der Waals surface area (Å²) in [5.74, 6) is -0.600. The third kappa shape index (κ3) is 2.39. The van der Waals surface area contributed by atoms with Crippen molar-refractivity contribution < 1.29 is 28.4 Å². The number of ether oxygens (including phenoxy) is 4. The van der Waals surface area contributed by atoms with Crippen molar-refractivity contribution in [3.8, 4) is 0 Å². The molecule has 0 bridgehead atoms. The van der Waals surface area contributed by atoms with Crippen LogP contribution < -0.4 is 0 Å². The third-order valence-corrected chi connectivity index (χ3v) is 10.2. The second-order valence-corrected chi connectivity index (χ2v) is 11.1. The number of fused-ring (bicyclic) bond motifs is 6. The van der Waals surface area contributed by atoms with Crippen molar-refractivity contribution in [3.05, 3.63) is 0 Å². The summed E-state index contributed by atoms with van der Waals surface area (Å²) < 4.78 is 40.3. The molecule has 6 heteroatoms. The molecule has 6 aliphatic rings. The topological polar surface area (TPSA) is 57.2 Å². The van der Waals surface area contributed by atoms with Gasteiger partial charge in [0.2, 0.25) is 0 Å². The fourth-order valence-electron chi connectivity index (χ4n) is 8.93. The van der Waals surface area contributed by atoms with E-state index < -0.39 is 23.8 Å². The third-order valence-electron chi connectivity index (χ3n) is 10.2. The molecule has 2 spiro atoms. The molecule has 0 amide bonds. The average molecular weight is 411 g/mol. The van der Waals surface area contributed by atoms with Crippen LogP contribution in [0.2, 0.25) is 0 Å². The lowest BCUT2D eigenvalue weighted by molar-refractivity contribution is -0.280. The molecule has 0 aromatic carbocycles. The van der Waals surface area contributed by atoms with E-state index in [9.17, 15) is 5.11 Å². The first-order valence-corrected chi connectivity index (χ1v) is 11.7. The van der Waals surface area contributed by atoms with Gasteiger partial charge < -0.3 is 24.1 Å². The smallest absolute Gasteiger partial charge is 0.174 e. The summed E-state index contributed by atoms with van der Waals surface area (Å²) in [5, 5.41) is 11.3. The first-order chi connectivity index (χ1) is 13.8. The van der Waals surface area contributed by atoms with E-state index in [0.717, 1.165) is 25.7 Å². The molecule has 0 aromatic heterocycles. The summed E-state index contributed by atoms with van der Waals surface area (Å²) in [4.78, 5) is 0. The van der Waals surface area contributed by atoms with E-state index in [1.165, 1.54) is 0 Å². The number of rotatable bonds is 0. The predicted molar refractivity (Wildman–Crippen MR) is 103 cm³/mol. The average Bonchev–Trinajstić information content (AvgIpc) is 3.39. The van der Waals surface area contributed by atoms with E-state index >= 15 is 4.39 Å². The molecule has 0 radical (unpaired) electrons. The number of hydrogen-bond acceptors (Lipinski definition) is 5. The monoisotopic (exact) mass is 410 g/mol. The molecule has 4 saturated carbocycles. The van der Waals surface area contributed by atoms with Crippen molar-refractivity contribution in [2.75, 3.05) is 26.4 Å². The van der Waals surface area contributed by atoms with Gasteiger partial charge in [-0.1, -0.05) is 13.8 Å². The Labute approximate surface area is 172 Å². The summed E-state index contributed by atoms with van der Waals surface area (Å²) >= 11 is 0. The number of hydrogen-bond donors (Lipinski definition) is 1. The molecule has 2 heterocycles. The molecule has 4 unspecified atom stereocenters. The van der Waals surface area contributed by atoms with Crippen molar-refractivity contribution in [2.45, 2.75) is 82.6 Å². The molecule has 2 aliphatic heterocycles. The number of aliphatic hydroxyl groups excluding tert-OH is 1. The van der Waals surface area contributed by atoms with E-state index in [-0.39, 0.29) is 28.6 Å². The van der Waals surface area contributed by atoms with Crippen LogP contribution in [-0.2, 0) is 18.9 Å². The lowest BCUT2D eigenvalue weighted by Gasteiger charge is -2.64.